The quantitative estimate of drug-likeness (QED) is 0.934. The van der Waals surface area contributed by atoms with Crippen molar-refractivity contribution in [1.82, 2.24) is 4.98 Å². The van der Waals surface area contributed by atoms with Gasteiger partial charge >= 0.3 is 0 Å². The molecule has 2 rings (SSSR count). The lowest BCUT2D eigenvalue weighted by Crippen LogP contribution is -2.06. The van der Waals surface area contributed by atoms with E-state index in [2.05, 4.69) is 33.9 Å². The molecule has 0 aliphatic rings. The van der Waals surface area contributed by atoms with Crippen molar-refractivity contribution in [3.8, 4) is 0 Å². The number of aromatic nitrogens is 1. The molecule has 94 valence electrons. The summed E-state index contributed by atoms with van der Waals surface area (Å²) in [6, 6.07) is 11.9. The van der Waals surface area contributed by atoms with Crippen LogP contribution < -0.4 is 0 Å². The summed E-state index contributed by atoms with van der Waals surface area (Å²) in [5, 5.41) is 10.3. The highest BCUT2D eigenvalue weighted by atomic mass is 79.9. The number of nitrogens with zero attached hydrogens (tertiary/aromatic N) is 1. The first kappa shape index (κ1) is 13.2. The molecule has 0 saturated carbocycles. The standard InChI is InChI=1S/C15H16BrNO/c1-2-11-5-3-4-6-14(11)15(18)9-13-8-7-12(16)10-17-13/h3-8,10,15,18H,2,9H2,1H3. The van der Waals surface area contributed by atoms with E-state index in [1.807, 2.05) is 30.3 Å². The molecule has 0 saturated heterocycles. The molecule has 1 aromatic heterocycles. The minimum absolute atomic E-state index is 0.491. The lowest BCUT2D eigenvalue weighted by Gasteiger charge is -2.14. The number of aliphatic hydroxyl groups excluding tert-OH is 1. The zero-order chi connectivity index (χ0) is 13.0. The Hall–Kier alpha value is -1.19. The van der Waals surface area contributed by atoms with Gasteiger partial charge in [-0.3, -0.25) is 4.98 Å². The second-order valence-corrected chi connectivity index (χ2v) is 5.16. The van der Waals surface area contributed by atoms with E-state index in [4.69, 9.17) is 0 Å². The van der Waals surface area contributed by atoms with Crippen LogP contribution in [0.5, 0.6) is 0 Å². The summed E-state index contributed by atoms with van der Waals surface area (Å²) >= 11 is 3.35. The van der Waals surface area contributed by atoms with Crippen molar-refractivity contribution >= 4 is 15.9 Å². The predicted octanol–water partition coefficient (Wildman–Crippen LogP) is 3.68. The molecule has 1 heterocycles. The summed E-state index contributed by atoms with van der Waals surface area (Å²) in [6.45, 7) is 2.10. The van der Waals surface area contributed by atoms with E-state index in [0.29, 0.717) is 6.42 Å². The third-order valence-corrected chi connectivity index (χ3v) is 3.46. The topological polar surface area (TPSA) is 33.1 Å². The van der Waals surface area contributed by atoms with Gasteiger partial charge in [-0.2, -0.15) is 0 Å². The number of aliphatic hydroxyl groups is 1. The number of pyridine rings is 1. The van der Waals surface area contributed by atoms with E-state index in [0.717, 1.165) is 22.2 Å². The Labute approximate surface area is 116 Å². The maximum atomic E-state index is 10.3. The number of hydrogen-bond donors (Lipinski definition) is 1. The Morgan fingerprint density at radius 1 is 1.22 bits per heavy atom. The van der Waals surface area contributed by atoms with Gasteiger partial charge in [0.25, 0.3) is 0 Å². The molecule has 1 unspecified atom stereocenters. The van der Waals surface area contributed by atoms with Crippen molar-refractivity contribution in [2.24, 2.45) is 0 Å². The van der Waals surface area contributed by atoms with E-state index in [1.54, 1.807) is 6.20 Å². The summed E-state index contributed by atoms with van der Waals surface area (Å²) in [4.78, 5) is 4.29. The highest BCUT2D eigenvalue weighted by Gasteiger charge is 2.12. The lowest BCUT2D eigenvalue weighted by atomic mass is 9.97. The van der Waals surface area contributed by atoms with Gasteiger partial charge in [0.2, 0.25) is 0 Å². The van der Waals surface area contributed by atoms with Crippen molar-refractivity contribution in [2.45, 2.75) is 25.9 Å². The summed E-state index contributed by atoms with van der Waals surface area (Å²) in [7, 11) is 0. The molecule has 1 aromatic carbocycles. The van der Waals surface area contributed by atoms with Gasteiger partial charge in [0.15, 0.2) is 0 Å². The third-order valence-electron chi connectivity index (χ3n) is 2.99. The monoisotopic (exact) mass is 305 g/mol. The van der Waals surface area contributed by atoms with Gasteiger partial charge in [-0.1, -0.05) is 31.2 Å². The summed E-state index contributed by atoms with van der Waals surface area (Å²) in [5.41, 5.74) is 3.10. The molecule has 0 bridgehead atoms. The van der Waals surface area contributed by atoms with Crippen LogP contribution in [0.3, 0.4) is 0 Å². The maximum Gasteiger partial charge on any atom is 0.0848 e. The van der Waals surface area contributed by atoms with Crippen LogP contribution in [0.4, 0.5) is 0 Å². The zero-order valence-corrected chi connectivity index (χ0v) is 11.9. The van der Waals surface area contributed by atoms with Crippen LogP contribution in [0.2, 0.25) is 0 Å². The largest absolute Gasteiger partial charge is 0.388 e. The average molecular weight is 306 g/mol. The minimum atomic E-state index is -0.491. The maximum absolute atomic E-state index is 10.3. The molecule has 2 aromatic rings. The highest BCUT2D eigenvalue weighted by Crippen LogP contribution is 2.22. The fraction of sp³-hybridized carbons (Fsp3) is 0.267. The van der Waals surface area contributed by atoms with Crippen LogP contribution >= 0.6 is 15.9 Å². The van der Waals surface area contributed by atoms with Crippen LogP contribution in [-0.4, -0.2) is 10.1 Å². The number of aryl methyl sites for hydroxylation is 1. The first-order valence-electron chi connectivity index (χ1n) is 6.07. The first-order chi connectivity index (χ1) is 8.70. The molecule has 0 aliphatic carbocycles. The summed E-state index contributed by atoms with van der Waals surface area (Å²) in [6.07, 6.45) is 2.74. The fourth-order valence-electron chi connectivity index (χ4n) is 2.02. The molecular formula is C15H16BrNO. The minimum Gasteiger partial charge on any atom is -0.388 e. The van der Waals surface area contributed by atoms with Crippen LogP contribution in [0, 0.1) is 0 Å². The Balaban J connectivity index is 2.16. The van der Waals surface area contributed by atoms with Crippen molar-refractivity contribution in [1.29, 1.82) is 0 Å². The van der Waals surface area contributed by atoms with Crippen LogP contribution in [0.15, 0.2) is 47.1 Å². The Morgan fingerprint density at radius 3 is 2.67 bits per heavy atom. The number of halogens is 1. The second-order valence-electron chi connectivity index (χ2n) is 4.24. The smallest absolute Gasteiger partial charge is 0.0848 e. The van der Waals surface area contributed by atoms with E-state index in [9.17, 15) is 5.11 Å². The Kier molecular flexibility index (Phi) is 4.50. The molecule has 1 N–H and O–H groups in total. The molecule has 0 radical (unpaired) electrons. The van der Waals surface area contributed by atoms with Crippen molar-refractivity contribution in [3.63, 3.8) is 0 Å². The van der Waals surface area contributed by atoms with Gasteiger partial charge in [-0.15, -0.1) is 0 Å². The van der Waals surface area contributed by atoms with Crippen molar-refractivity contribution in [3.05, 3.63) is 63.9 Å². The Morgan fingerprint density at radius 2 is 2.00 bits per heavy atom. The molecule has 18 heavy (non-hydrogen) atoms. The fourth-order valence-corrected chi connectivity index (χ4v) is 2.25. The molecular weight excluding hydrogens is 290 g/mol. The van der Waals surface area contributed by atoms with Crippen LogP contribution in [-0.2, 0) is 12.8 Å². The van der Waals surface area contributed by atoms with Crippen molar-refractivity contribution in [2.75, 3.05) is 0 Å². The number of rotatable bonds is 4. The third kappa shape index (κ3) is 3.18. The average Bonchev–Trinajstić information content (AvgIpc) is 2.41. The first-order valence-corrected chi connectivity index (χ1v) is 6.86. The van der Waals surface area contributed by atoms with E-state index in [1.165, 1.54) is 5.56 Å². The van der Waals surface area contributed by atoms with E-state index in [-0.39, 0.29) is 0 Å². The molecule has 1 atom stereocenters. The Bertz CT molecular complexity index is 510. The predicted molar refractivity (Wildman–Crippen MR) is 76.4 cm³/mol. The molecule has 2 nitrogen and oxygen atoms in total. The number of hydrogen-bond acceptors (Lipinski definition) is 2. The van der Waals surface area contributed by atoms with Gasteiger partial charge in [0.05, 0.1) is 6.10 Å². The van der Waals surface area contributed by atoms with E-state index >= 15 is 0 Å². The van der Waals surface area contributed by atoms with Crippen molar-refractivity contribution < 1.29 is 5.11 Å². The van der Waals surface area contributed by atoms with E-state index < -0.39 is 6.10 Å². The van der Waals surface area contributed by atoms with Gasteiger partial charge in [-0.25, -0.2) is 0 Å². The SMILES string of the molecule is CCc1ccccc1C(O)Cc1ccc(Br)cn1. The van der Waals surface area contributed by atoms with Gasteiger partial charge in [0.1, 0.15) is 0 Å². The van der Waals surface area contributed by atoms with Crippen LogP contribution in [0.1, 0.15) is 29.8 Å². The molecule has 3 heteroatoms. The molecule has 0 fully saturated rings. The highest BCUT2D eigenvalue weighted by molar-refractivity contribution is 9.10. The normalized spacial score (nSPS) is 12.4. The van der Waals surface area contributed by atoms with Gasteiger partial charge in [-0.05, 0) is 45.6 Å². The summed E-state index contributed by atoms with van der Waals surface area (Å²) < 4.78 is 0.953. The number of benzene rings is 1. The van der Waals surface area contributed by atoms with Crippen LogP contribution in [0.25, 0.3) is 0 Å². The van der Waals surface area contributed by atoms with Gasteiger partial charge < -0.3 is 5.11 Å². The van der Waals surface area contributed by atoms with Gasteiger partial charge in [0, 0.05) is 22.8 Å². The second kappa shape index (κ2) is 6.12. The molecule has 0 amide bonds. The molecule has 0 aliphatic heterocycles. The zero-order valence-electron chi connectivity index (χ0n) is 10.3. The summed E-state index contributed by atoms with van der Waals surface area (Å²) in [5.74, 6) is 0. The molecule has 0 spiro atoms. The lowest BCUT2D eigenvalue weighted by molar-refractivity contribution is 0.176.